The van der Waals surface area contributed by atoms with E-state index in [2.05, 4.69) is 0 Å². The zero-order chi connectivity index (χ0) is 10.5. The van der Waals surface area contributed by atoms with Gasteiger partial charge in [-0.15, -0.1) is 0 Å². The highest BCUT2D eigenvalue weighted by atomic mass is 16.5. The fourth-order valence-corrected chi connectivity index (χ4v) is 1.69. The Hall–Kier alpha value is -1.22. The van der Waals surface area contributed by atoms with Crippen LogP contribution in [0.2, 0.25) is 0 Å². The van der Waals surface area contributed by atoms with E-state index in [1.807, 2.05) is 31.2 Å². The molecule has 1 aromatic rings. The average molecular weight is 223 g/mol. The Kier molecular flexibility index (Phi) is 5.12. The molecule has 1 aliphatic carbocycles. The first-order chi connectivity index (χ1) is 7.38. The van der Waals surface area contributed by atoms with Gasteiger partial charge in [-0.25, -0.2) is 0 Å². The van der Waals surface area contributed by atoms with Gasteiger partial charge in [0.15, 0.2) is 0 Å². The lowest BCUT2D eigenvalue weighted by molar-refractivity contribution is 0.180. The van der Waals surface area contributed by atoms with Crippen molar-refractivity contribution in [3.05, 3.63) is 24.3 Å². The van der Waals surface area contributed by atoms with Gasteiger partial charge < -0.3 is 15.6 Å². The summed E-state index contributed by atoms with van der Waals surface area (Å²) in [6, 6.07) is 7.88. The average Bonchev–Trinajstić information content (AvgIpc) is 2.16. The molecule has 0 unspecified atom stereocenters. The van der Waals surface area contributed by atoms with E-state index in [0.717, 1.165) is 24.0 Å². The summed E-state index contributed by atoms with van der Waals surface area (Å²) in [6.07, 6.45) is 4.02. The SMILES string of the molecule is CCOc1cccc(OCC2CCC2)c1.N. The van der Waals surface area contributed by atoms with Crippen LogP contribution in [0.3, 0.4) is 0 Å². The maximum atomic E-state index is 5.72. The summed E-state index contributed by atoms with van der Waals surface area (Å²) >= 11 is 0. The minimum absolute atomic E-state index is 0. The quantitative estimate of drug-likeness (QED) is 0.832. The Morgan fingerprint density at radius 1 is 1.19 bits per heavy atom. The highest BCUT2D eigenvalue weighted by Crippen LogP contribution is 2.27. The molecule has 0 heterocycles. The molecule has 16 heavy (non-hydrogen) atoms. The lowest BCUT2D eigenvalue weighted by Gasteiger charge is -2.25. The van der Waals surface area contributed by atoms with Crippen LogP contribution in [-0.4, -0.2) is 13.2 Å². The molecule has 0 atom stereocenters. The topological polar surface area (TPSA) is 53.5 Å². The number of benzene rings is 1. The molecule has 0 amide bonds. The molecule has 0 saturated heterocycles. The van der Waals surface area contributed by atoms with E-state index in [1.54, 1.807) is 0 Å². The molecule has 1 fully saturated rings. The van der Waals surface area contributed by atoms with Crippen LogP contribution in [0, 0.1) is 5.92 Å². The smallest absolute Gasteiger partial charge is 0.122 e. The molecule has 2 rings (SSSR count). The highest BCUT2D eigenvalue weighted by molar-refractivity contribution is 5.32. The molecule has 0 aromatic heterocycles. The van der Waals surface area contributed by atoms with Crippen LogP contribution >= 0.6 is 0 Å². The summed E-state index contributed by atoms with van der Waals surface area (Å²) in [7, 11) is 0. The molecular weight excluding hydrogens is 202 g/mol. The summed E-state index contributed by atoms with van der Waals surface area (Å²) in [5.74, 6) is 2.59. The Morgan fingerprint density at radius 2 is 1.88 bits per heavy atom. The summed E-state index contributed by atoms with van der Waals surface area (Å²) < 4.78 is 11.1. The number of ether oxygens (including phenoxy) is 2. The third-order valence-corrected chi connectivity index (χ3v) is 2.83. The largest absolute Gasteiger partial charge is 0.494 e. The third kappa shape index (κ3) is 3.42. The van der Waals surface area contributed by atoms with Crippen molar-refractivity contribution in [3.8, 4) is 11.5 Å². The predicted octanol–water partition coefficient (Wildman–Crippen LogP) is 3.43. The van der Waals surface area contributed by atoms with Crippen LogP contribution in [0.25, 0.3) is 0 Å². The van der Waals surface area contributed by atoms with Crippen LogP contribution < -0.4 is 15.6 Å². The molecule has 1 aliphatic rings. The molecule has 3 heteroatoms. The second-order valence-electron chi connectivity index (χ2n) is 4.02. The molecule has 0 aliphatic heterocycles. The molecule has 0 spiro atoms. The molecule has 3 nitrogen and oxygen atoms in total. The van der Waals surface area contributed by atoms with Crippen molar-refractivity contribution in [2.24, 2.45) is 5.92 Å². The van der Waals surface area contributed by atoms with Gasteiger partial charge in [0, 0.05) is 6.07 Å². The van der Waals surface area contributed by atoms with Gasteiger partial charge in [-0.2, -0.15) is 0 Å². The maximum Gasteiger partial charge on any atom is 0.122 e. The first kappa shape index (κ1) is 12.8. The second kappa shape index (κ2) is 6.38. The third-order valence-electron chi connectivity index (χ3n) is 2.83. The molecule has 90 valence electrons. The van der Waals surface area contributed by atoms with E-state index >= 15 is 0 Å². The zero-order valence-electron chi connectivity index (χ0n) is 9.95. The second-order valence-corrected chi connectivity index (χ2v) is 4.02. The van der Waals surface area contributed by atoms with E-state index in [4.69, 9.17) is 9.47 Å². The van der Waals surface area contributed by atoms with E-state index < -0.39 is 0 Å². The van der Waals surface area contributed by atoms with Crippen LogP contribution in [0.1, 0.15) is 26.2 Å². The van der Waals surface area contributed by atoms with Crippen molar-refractivity contribution < 1.29 is 9.47 Å². The minimum atomic E-state index is 0. The van der Waals surface area contributed by atoms with Gasteiger partial charge in [0.05, 0.1) is 13.2 Å². The monoisotopic (exact) mass is 223 g/mol. The summed E-state index contributed by atoms with van der Waals surface area (Å²) in [6.45, 7) is 3.55. The van der Waals surface area contributed by atoms with Gasteiger partial charge in [-0.1, -0.05) is 12.5 Å². The van der Waals surface area contributed by atoms with E-state index in [0.29, 0.717) is 6.61 Å². The van der Waals surface area contributed by atoms with Gasteiger partial charge in [0.25, 0.3) is 0 Å². The Bertz CT molecular complexity index is 311. The molecule has 3 N–H and O–H groups in total. The predicted molar refractivity (Wildman–Crippen MR) is 65.5 cm³/mol. The van der Waals surface area contributed by atoms with Crippen molar-refractivity contribution in [1.82, 2.24) is 6.15 Å². The fourth-order valence-electron chi connectivity index (χ4n) is 1.69. The van der Waals surface area contributed by atoms with Crippen molar-refractivity contribution in [3.63, 3.8) is 0 Å². The number of hydrogen-bond donors (Lipinski definition) is 1. The van der Waals surface area contributed by atoms with Crippen molar-refractivity contribution in [2.75, 3.05) is 13.2 Å². The molecule has 1 saturated carbocycles. The van der Waals surface area contributed by atoms with Crippen LogP contribution in [0.15, 0.2) is 24.3 Å². The highest BCUT2D eigenvalue weighted by Gasteiger charge is 2.17. The van der Waals surface area contributed by atoms with Gasteiger partial charge in [0.2, 0.25) is 0 Å². The van der Waals surface area contributed by atoms with Crippen molar-refractivity contribution >= 4 is 0 Å². The summed E-state index contributed by atoms with van der Waals surface area (Å²) in [5.41, 5.74) is 0. The van der Waals surface area contributed by atoms with E-state index in [9.17, 15) is 0 Å². The fraction of sp³-hybridized carbons (Fsp3) is 0.538. The summed E-state index contributed by atoms with van der Waals surface area (Å²) in [4.78, 5) is 0. The Labute approximate surface area is 97.3 Å². The van der Waals surface area contributed by atoms with E-state index in [-0.39, 0.29) is 6.15 Å². The molecular formula is C13H21NO2. The summed E-state index contributed by atoms with van der Waals surface area (Å²) in [5, 5.41) is 0. The zero-order valence-corrected chi connectivity index (χ0v) is 9.95. The van der Waals surface area contributed by atoms with E-state index in [1.165, 1.54) is 19.3 Å². The maximum absolute atomic E-state index is 5.72. The van der Waals surface area contributed by atoms with Gasteiger partial charge in [0.1, 0.15) is 11.5 Å². The van der Waals surface area contributed by atoms with Gasteiger partial charge >= 0.3 is 0 Å². The Morgan fingerprint density at radius 3 is 2.44 bits per heavy atom. The van der Waals surface area contributed by atoms with Crippen molar-refractivity contribution in [2.45, 2.75) is 26.2 Å². The number of hydrogen-bond acceptors (Lipinski definition) is 3. The first-order valence-electron chi connectivity index (χ1n) is 5.74. The van der Waals surface area contributed by atoms with Crippen LogP contribution in [-0.2, 0) is 0 Å². The minimum Gasteiger partial charge on any atom is -0.494 e. The first-order valence-corrected chi connectivity index (χ1v) is 5.74. The standard InChI is InChI=1S/C13H18O2.H3N/c1-2-14-12-7-4-8-13(9-12)15-10-11-5-3-6-11;/h4,7-9,11H,2-3,5-6,10H2,1H3;1H3. The van der Waals surface area contributed by atoms with Gasteiger partial charge in [-0.05, 0) is 37.8 Å². The normalized spacial score (nSPS) is 14.8. The Balaban J connectivity index is 0.00000128. The number of rotatable bonds is 5. The van der Waals surface area contributed by atoms with Crippen molar-refractivity contribution in [1.29, 1.82) is 0 Å². The molecule has 1 aromatic carbocycles. The lowest BCUT2D eigenvalue weighted by atomic mass is 9.86. The van der Waals surface area contributed by atoms with Gasteiger partial charge in [-0.3, -0.25) is 0 Å². The lowest BCUT2D eigenvalue weighted by Crippen LogP contribution is -2.19. The van der Waals surface area contributed by atoms with Crippen LogP contribution in [0.5, 0.6) is 11.5 Å². The van der Waals surface area contributed by atoms with Crippen LogP contribution in [0.4, 0.5) is 0 Å². The molecule has 0 radical (unpaired) electrons. The molecule has 0 bridgehead atoms.